The van der Waals surface area contributed by atoms with Crippen LogP contribution in [0.5, 0.6) is 0 Å². The van der Waals surface area contributed by atoms with Crippen LogP contribution in [0.15, 0.2) is 18.3 Å². The van der Waals surface area contributed by atoms with Crippen LogP contribution in [-0.2, 0) is 14.6 Å². The second-order valence-corrected chi connectivity index (χ2v) is 8.65. The van der Waals surface area contributed by atoms with Gasteiger partial charge in [-0.25, -0.2) is 8.42 Å². The van der Waals surface area contributed by atoms with Gasteiger partial charge in [0.05, 0.1) is 17.6 Å². The molecule has 2 aliphatic heterocycles. The molecule has 0 aromatic carbocycles. The number of carbonyl (C=O) groups excluding carboxylic acids is 1. The third-order valence-corrected chi connectivity index (χ3v) is 6.36. The summed E-state index contributed by atoms with van der Waals surface area (Å²) in [6.07, 6.45) is 4.42. The van der Waals surface area contributed by atoms with Gasteiger partial charge in [0.25, 0.3) is 5.91 Å². The molecule has 8 heteroatoms. The monoisotopic (exact) mass is 353 g/mol. The maximum absolute atomic E-state index is 12.6. The second-order valence-electron chi connectivity index (χ2n) is 6.42. The Bertz CT molecular complexity index is 701. The van der Waals surface area contributed by atoms with E-state index in [1.165, 1.54) is 4.90 Å². The minimum Gasteiger partial charge on any atom is -0.382 e. The van der Waals surface area contributed by atoms with Crippen molar-refractivity contribution < 1.29 is 17.9 Å². The SMILES string of the molecule is CN(C(=O)c1cc(NCC2CCCO2)ccn1)C1CCS(=O)(=O)C1. The molecule has 3 heterocycles. The molecule has 2 fully saturated rings. The van der Waals surface area contributed by atoms with E-state index in [9.17, 15) is 13.2 Å². The summed E-state index contributed by atoms with van der Waals surface area (Å²) in [6, 6.07) is 3.25. The molecule has 2 atom stereocenters. The Morgan fingerprint density at radius 1 is 1.46 bits per heavy atom. The normalized spacial score (nSPS) is 25.5. The number of pyridine rings is 1. The van der Waals surface area contributed by atoms with E-state index in [-0.39, 0.29) is 29.6 Å². The summed E-state index contributed by atoms with van der Waals surface area (Å²) in [5.74, 6) is -0.0735. The van der Waals surface area contributed by atoms with Crippen LogP contribution < -0.4 is 5.32 Å². The van der Waals surface area contributed by atoms with E-state index in [0.29, 0.717) is 18.7 Å². The molecule has 132 valence electrons. The fraction of sp³-hybridized carbons (Fsp3) is 0.625. The van der Waals surface area contributed by atoms with Gasteiger partial charge in [-0.15, -0.1) is 0 Å². The Balaban J connectivity index is 1.63. The molecular formula is C16H23N3O4S. The van der Waals surface area contributed by atoms with Gasteiger partial charge in [-0.05, 0) is 31.4 Å². The largest absolute Gasteiger partial charge is 0.382 e. The lowest BCUT2D eigenvalue weighted by molar-refractivity contribution is 0.0742. The average Bonchev–Trinajstić information content (AvgIpc) is 3.21. The van der Waals surface area contributed by atoms with Gasteiger partial charge in [0.2, 0.25) is 0 Å². The van der Waals surface area contributed by atoms with Crippen molar-refractivity contribution in [2.45, 2.75) is 31.4 Å². The van der Waals surface area contributed by atoms with E-state index < -0.39 is 9.84 Å². The molecule has 1 aromatic heterocycles. The predicted molar refractivity (Wildman–Crippen MR) is 90.9 cm³/mol. The summed E-state index contributed by atoms with van der Waals surface area (Å²) in [5, 5.41) is 3.27. The van der Waals surface area contributed by atoms with Crippen LogP contribution >= 0.6 is 0 Å². The van der Waals surface area contributed by atoms with E-state index in [0.717, 1.165) is 25.1 Å². The number of aromatic nitrogens is 1. The van der Waals surface area contributed by atoms with Crippen LogP contribution in [0.4, 0.5) is 5.69 Å². The lowest BCUT2D eigenvalue weighted by Crippen LogP contribution is -2.38. The molecule has 2 saturated heterocycles. The van der Waals surface area contributed by atoms with Crippen LogP contribution in [0.25, 0.3) is 0 Å². The van der Waals surface area contributed by atoms with Crippen LogP contribution in [0.2, 0.25) is 0 Å². The first-order valence-corrected chi connectivity index (χ1v) is 10.1. The van der Waals surface area contributed by atoms with Gasteiger partial charge >= 0.3 is 0 Å². The van der Waals surface area contributed by atoms with Crippen molar-refractivity contribution in [2.75, 3.05) is 37.0 Å². The standard InChI is InChI=1S/C16H23N3O4S/c1-19(13-5-8-24(21,22)11-13)16(20)15-9-12(4-6-17-15)18-10-14-3-2-7-23-14/h4,6,9,13-14H,2-3,5,7-8,10-11H2,1H3,(H,17,18). The summed E-state index contributed by atoms with van der Waals surface area (Å²) in [6.45, 7) is 1.51. The highest BCUT2D eigenvalue weighted by Crippen LogP contribution is 2.19. The van der Waals surface area contributed by atoms with Crippen molar-refractivity contribution >= 4 is 21.4 Å². The Labute approximate surface area is 142 Å². The van der Waals surface area contributed by atoms with Crippen molar-refractivity contribution in [1.82, 2.24) is 9.88 Å². The van der Waals surface area contributed by atoms with E-state index in [1.807, 2.05) is 6.07 Å². The van der Waals surface area contributed by atoms with Crippen molar-refractivity contribution in [2.24, 2.45) is 0 Å². The molecule has 0 aliphatic carbocycles. The zero-order valence-electron chi connectivity index (χ0n) is 13.8. The Morgan fingerprint density at radius 2 is 2.29 bits per heavy atom. The molecule has 7 nitrogen and oxygen atoms in total. The molecule has 0 saturated carbocycles. The van der Waals surface area contributed by atoms with Gasteiger partial charge in [0, 0.05) is 38.1 Å². The lowest BCUT2D eigenvalue weighted by Gasteiger charge is -2.23. The highest BCUT2D eigenvalue weighted by atomic mass is 32.2. The van der Waals surface area contributed by atoms with Gasteiger partial charge in [0.1, 0.15) is 5.69 Å². The van der Waals surface area contributed by atoms with E-state index in [2.05, 4.69) is 10.3 Å². The van der Waals surface area contributed by atoms with Crippen molar-refractivity contribution in [3.8, 4) is 0 Å². The Hall–Kier alpha value is -1.67. The third kappa shape index (κ3) is 4.05. The predicted octanol–water partition coefficient (Wildman–Crippen LogP) is 0.932. The summed E-state index contributed by atoms with van der Waals surface area (Å²) in [5.41, 5.74) is 1.13. The number of sulfone groups is 1. The highest BCUT2D eigenvalue weighted by molar-refractivity contribution is 7.91. The fourth-order valence-corrected chi connectivity index (χ4v) is 4.90. The quantitative estimate of drug-likeness (QED) is 0.847. The Morgan fingerprint density at radius 3 is 2.96 bits per heavy atom. The number of nitrogens with zero attached hydrogens (tertiary/aromatic N) is 2. The van der Waals surface area contributed by atoms with Crippen LogP contribution in [0, 0.1) is 0 Å². The van der Waals surface area contributed by atoms with Gasteiger partial charge in [-0.2, -0.15) is 0 Å². The molecular weight excluding hydrogens is 330 g/mol. The second kappa shape index (κ2) is 7.06. The van der Waals surface area contributed by atoms with Crippen LogP contribution in [0.1, 0.15) is 29.8 Å². The van der Waals surface area contributed by atoms with Gasteiger partial charge < -0.3 is 15.0 Å². The molecule has 24 heavy (non-hydrogen) atoms. The zero-order chi connectivity index (χ0) is 17.2. The van der Waals surface area contributed by atoms with Crippen LogP contribution in [-0.4, -0.2) is 68.1 Å². The maximum atomic E-state index is 12.6. The van der Waals surface area contributed by atoms with Gasteiger partial charge in [0.15, 0.2) is 9.84 Å². The molecule has 0 bridgehead atoms. The smallest absolute Gasteiger partial charge is 0.272 e. The minimum absolute atomic E-state index is 0.0339. The number of carbonyl (C=O) groups is 1. The highest BCUT2D eigenvalue weighted by Gasteiger charge is 2.33. The molecule has 1 amide bonds. The van der Waals surface area contributed by atoms with Crippen molar-refractivity contribution in [3.05, 3.63) is 24.0 Å². The maximum Gasteiger partial charge on any atom is 0.272 e. The first kappa shape index (κ1) is 17.2. The fourth-order valence-electron chi connectivity index (χ4n) is 3.12. The number of hydrogen-bond acceptors (Lipinski definition) is 6. The third-order valence-electron chi connectivity index (χ3n) is 4.61. The van der Waals surface area contributed by atoms with Crippen LogP contribution in [0.3, 0.4) is 0 Å². The Kier molecular flexibility index (Phi) is 5.05. The molecule has 2 aliphatic rings. The molecule has 3 rings (SSSR count). The number of nitrogens with one attached hydrogen (secondary N) is 1. The first-order chi connectivity index (χ1) is 11.4. The summed E-state index contributed by atoms with van der Waals surface area (Å²) < 4.78 is 28.8. The summed E-state index contributed by atoms with van der Waals surface area (Å²) in [4.78, 5) is 18.2. The lowest BCUT2D eigenvalue weighted by atomic mass is 10.2. The van der Waals surface area contributed by atoms with Crippen molar-refractivity contribution in [3.63, 3.8) is 0 Å². The average molecular weight is 353 g/mol. The summed E-state index contributed by atoms with van der Waals surface area (Å²) >= 11 is 0. The number of rotatable bonds is 5. The number of hydrogen-bond donors (Lipinski definition) is 1. The number of ether oxygens (including phenoxy) is 1. The molecule has 2 unspecified atom stereocenters. The topological polar surface area (TPSA) is 88.6 Å². The zero-order valence-corrected chi connectivity index (χ0v) is 14.6. The van der Waals surface area contributed by atoms with E-state index in [4.69, 9.17) is 4.74 Å². The number of amides is 1. The first-order valence-electron chi connectivity index (χ1n) is 8.24. The van der Waals surface area contributed by atoms with E-state index >= 15 is 0 Å². The molecule has 1 N–H and O–H groups in total. The van der Waals surface area contributed by atoms with Crippen molar-refractivity contribution in [1.29, 1.82) is 0 Å². The minimum atomic E-state index is -3.02. The van der Waals surface area contributed by atoms with E-state index in [1.54, 1.807) is 19.3 Å². The van der Waals surface area contributed by atoms with Gasteiger partial charge in [-0.1, -0.05) is 0 Å². The molecule has 0 spiro atoms. The van der Waals surface area contributed by atoms with Gasteiger partial charge in [-0.3, -0.25) is 9.78 Å². The molecule has 1 aromatic rings. The summed E-state index contributed by atoms with van der Waals surface area (Å²) in [7, 11) is -1.38. The molecule has 0 radical (unpaired) electrons. The number of anilines is 1.